The van der Waals surface area contributed by atoms with Gasteiger partial charge in [0.1, 0.15) is 5.75 Å². The Labute approximate surface area is 197 Å². The number of halogens is 2. The minimum absolute atomic E-state index is 0.287. The molecule has 0 heterocycles. The number of benzene rings is 2. The van der Waals surface area contributed by atoms with Crippen LogP contribution in [0.5, 0.6) is 5.75 Å². The average molecular weight is 484 g/mol. The maximum Gasteiger partial charge on any atom is 0.178 e. The lowest BCUT2D eigenvalue weighted by Crippen LogP contribution is -2.22. The molecule has 0 N–H and O–H groups in total. The van der Waals surface area contributed by atoms with Crippen molar-refractivity contribution in [1.82, 2.24) is 0 Å². The van der Waals surface area contributed by atoms with E-state index in [2.05, 4.69) is 0 Å². The van der Waals surface area contributed by atoms with Crippen molar-refractivity contribution in [2.75, 3.05) is 12.4 Å². The van der Waals surface area contributed by atoms with Crippen LogP contribution in [0, 0.1) is 18.8 Å². The fourth-order valence-corrected chi connectivity index (χ4v) is 6.29. The predicted octanol–water partition coefficient (Wildman–Crippen LogP) is 7.52. The molecule has 3 nitrogen and oxygen atoms in total. The molecule has 0 bridgehead atoms. The van der Waals surface area contributed by atoms with Crippen LogP contribution in [0.1, 0.15) is 56.9 Å². The van der Waals surface area contributed by atoms with Gasteiger partial charge in [-0.15, -0.1) is 0 Å². The SMILES string of the molecule is Cc1ccc(S(=O)(=O)CC2CCC(CCCCCOc3ccc(Cl)c(Cl)c3)CC2)cc1. The molecule has 0 saturated heterocycles. The van der Waals surface area contributed by atoms with E-state index in [1.807, 2.05) is 25.1 Å². The van der Waals surface area contributed by atoms with E-state index < -0.39 is 9.84 Å². The van der Waals surface area contributed by atoms with Gasteiger partial charge in [-0.2, -0.15) is 0 Å². The third kappa shape index (κ3) is 7.69. The third-order valence-electron chi connectivity index (χ3n) is 6.22. The molecule has 0 spiro atoms. The topological polar surface area (TPSA) is 43.4 Å². The summed E-state index contributed by atoms with van der Waals surface area (Å²) < 4.78 is 31.1. The van der Waals surface area contributed by atoms with Gasteiger partial charge in [-0.05, 0) is 62.3 Å². The first-order valence-electron chi connectivity index (χ1n) is 11.2. The Bertz CT molecular complexity index is 934. The van der Waals surface area contributed by atoms with Crippen LogP contribution < -0.4 is 4.74 Å². The summed E-state index contributed by atoms with van der Waals surface area (Å²) in [6, 6.07) is 12.6. The second-order valence-electron chi connectivity index (χ2n) is 8.75. The molecule has 0 amide bonds. The number of aryl methyl sites for hydroxylation is 1. The molecule has 2 aromatic carbocycles. The smallest absolute Gasteiger partial charge is 0.178 e. The number of hydrogen-bond donors (Lipinski definition) is 0. The Morgan fingerprint density at radius 3 is 2.23 bits per heavy atom. The van der Waals surface area contributed by atoms with Crippen LogP contribution in [0.25, 0.3) is 0 Å². The summed E-state index contributed by atoms with van der Waals surface area (Å²) in [6.45, 7) is 2.65. The lowest BCUT2D eigenvalue weighted by atomic mass is 9.80. The second kappa shape index (κ2) is 11.6. The lowest BCUT2D eigenvalue weighted by Gasteiger charge is -2.28. The van der Waals surface area contributed by atoms with E-state index in [4.69, 9.17) is 27.9 Å². The first kappa shape index (κ1) is 24.4. The molecule has 1 saturated carbocycles. The molecule has 0 unspecified atom stereocenters. The first-order chi connectivity index (χ1) is 14.8. The van der Waals surface area contributed by atoms with Gasteiger partial charge in [-0.3, -0.25) is 0 Å². The first-order valence-corrected chi connectivity index (χ1v) is 13.6. The molecule has 1 aliphatic carbocycles. The van der Waals surface area contributed by atoms with Gasteiger partial charge in [0.25, 0.3) is 0 Å². The molecule has 2 aromatic rings. The molecule has 0 atom stereocenters. The largest absolute Gasteiger partial charge is 0.494 e. The minimum atomic E-state index is -3.18. The molecule has 3 rings (SSSR count). The van der Waals surface area contributed by atoms with E-state index in [1.165, 1.54) is 12.8 Å². The summed E-state index contributed by atoms with van der Waals surface area (Å²) in [7, 11) is -3.18. The highest BCUT2D eigenvalue weighted by Crippen LogP contribution is 2.34. The van der Waals surface area contributed by atoms with Crippen molar-refractivity contribution in [2.24, 2.45) is 11.8 Å². The number of sulfone groups is 1. The zero-order chi connectivity index (χ0) is 22.3. The second-order valence-corrected chi connectivity index (χ2v) is 11.6. The number of unbranched alkanes of at least 4 members (excludes halogenated alkanes) is 2. The van der Waals surface area contributed by atoms with Crippen molar-refractivity contribution in [3.63, 3.8) is 0 Å². The van der Waals surface area contributed by atoms with Gasteiger partial charge in [0.05, 0.1) is 27.3 Å². The Morgan fingerprint density at radius 2 is 1.55 bits per heavy atom. The predicted molar refractivity (Wildman–Crippen MR) is 129 cm³/mol. The van der Waals surface area contributed by atoms with Crippen LogP contribution in [0.2, 0.25) is 10.0 Å². The lowest BCUT2D eigenvalue weighted by molar-refractivity contribution is 0.265. The van der Waals surface area contributed by atoms with Gasteiger partial charge in [-0.25, -0.2) is 8.42 Å². The van der Waals surface area contributed by atoms with E-state index in [9.17, 15) is 8.42 Å². The van der Waals surface area contributed by atoms with Crippen molar-refractivity contribution in [3.8, 4) is 5.75 Å². The molecule has 6 heteroatoms. The highest BCUT2D eigenvalue weighted by Gasteiger charge is 2.26. The van der Waals surface area contributed by atoms with Crippen LogP contribution >= 0.6 is 23.2 Å². The standard InChI is InChI=1S/C25H32Cl2O3S/c1-19-6-13-23(14-7-19)31(28,29)18-21-10-8-20(9-11-21)5-3-2-4-16-30-22-12-15-24(26)25(27)17-22/h6-7,12-15,17,20-21H,2-5,8-11,16,18H2,1H3. The van der Waals surface area contributed by atoms with E-state index in [0.29, 0.717) is 27.5 Å². The van der Waals surface area contributed by atoms with E-state index >= 15 is 0 Å². The van der Waals surface area contributed by atoms with Crippen molar-refractivity contribution in [3.05, 3.63) is 58.1 Å². The van der Waals surface area contributed by atoms with Crippen molar-refractivity contribution >= 4 is 33.0 Å². The van der Waals surface area contributed by atoms with Gasteiger partial charge < -0.3 is 4.74 Å². The van der Waals surface area contributed by atoms with Crippen LogP contribution in [-0.2, 0) is 9.84 Å². The normalized spacial score (nSPS) is 19.3. The Balaban J connectivity index is 1.29. The van der Waals surface area contributed by atoms with Gasteiger partial charge >= 0.3 is 0 Å². The van der Waals surface area contributed by atoms with E-state index in [-0.39, 0.29) is 5.75 Å². The number of ether oxygens (including phenoxy) is 1. The highest BCUT2D eigenvalue weighted by molar-refractivity contribution is 7.91. The molecule has 0 aliphatic heterocycles. The fraction of sp³-hybridized carbons (Fsp3) is 0.520. The van der Waals surface area contributed by atoms with Crippen molar-refractivity contribution in [1.29, 1.82) is 0 Å². The fourth-order valence-electron chi connectivity index (χ4n) is 4.31. The van der Waals surface area contributed by atoms with Crippen LogP contribution in [0.15, 0.2) is 47.4 Å². The highest BCUT2D eigenvalue weighted by atomic mass is 35.5. The zero-order valence-electron chi connectivity index (χ0n) is 18.2. The van der Waals surface area contributed by atoms with Gasteiger partial charge in [-0.1, -0.05) is 73.0 Å². The summed E-state index contributed by atoms with van der Waals surface area (Å²) >= 11 is 11.9. The summed E-state index contributed by atoms with van der Waals surface area (Å²) in [6.07, 6.45) is 8.92. The van der Waals surface area contributed by atoms with Crippen molar-refractivity contribution < 1.29 is 13.2 Å². The molecule has 31 heavy (non-hydrogen) atoms. The number of rotatable bonds is 10. The molecule has 1 fully saturated rings. The summed E-state index contributed by atoms with van der Waals surface area (Å²) in [5.41, 5.74) is 1.08. The molecule has 170 valence electrons. The van der Waals surface area contributed by atoms with E-state index in [1.54, 1.807) is 24.3 Å². The monoisotopic (exact) mass is 482 g/mol. The summed E-state index contributed by atoms with van der Waals surface area (Å²) in [5.74, 6) is 2.07. The van der Waals surface area contributed by atoms with Crippen LogP contribution in [0.4, 0.5) is 0 Å². The zero-order valence-corrected chi connectivity index (χ0v) is 20.5. The quantitative estimate of drug-likeness (QED) is 0.328. The minimum Gasteiger partial charge on any atom is -0.494 e. The summed E-state index contributed by atoms with van der Waals surface area (Å²) in [4.78, 5) is 0.461. The van der Waals surface area contributed by atoms with Gasteiger partial charge in [0.15, 0.2) is 9.84 Å². The van der Waals surface area contributed by atoms with Crippen LogP contribution in [-0.4, -0.2) is 20.8 Å². The number of hydrogen-bond acceptors (Lipinski definition) is 3. The van der Waals surface area contributed by atoms with Crippen molar-refractivity contribution in [2.45, 2.75) is 63.2 Å². The summed E-state index contributed by atoms with van der Waals surface area (Å²) in [5, 5.41) is 1.05. The molecule has 0 radical (unpaired) electrons. The third-order valence-corrected chi connectivity index (χ3v) is 8.86. The van der Waals surface area contributed by atoms with Crippen LogP contribution in [0.3, 0.4) is 0 Å². The molecule has 0 aromatic heterocycles. The van der Waals surface area contributed by atoms with E-state index in [0.717, 1.165) is 55.8 Å². The van der Waals surface area contributed by atoms with Gasteiger partial charge in [0, 0.05) is 6.07 Å². The Morgan fingerprint density at radius 1 is 0.871 bits per heavy atom. The average Bonchev–Trinajstić information content (AvgIpc) is 2.74. The van der Waals surface area contributed by atoms with Gasteiger partial charge in [0.2, 0.25) is 0 Å². The Kier molecular flexibility index (Phi) is 9.12. The molecular weight excluding hydrogens is 451 g/mol. The maximum absolute atomic E-state index is 12.7. The Hall–Kier alpha value is -1.23. The maximum atomic E-state index is 12.7. The molecular formula is C25H32Cl2O3S. The molecule has 1 aliphatic rings.